The molecule has 0 aliphatic rings. The van der Waals surface area contributed by atoms with Crippen LogP contribution >= 0.6 is 0 Å². The van der Waals surface area contributed by atoms with Crippen LogP contribution in [0.1, 0.15) is 13.8 Å². The van der Waals surface area contributed by atoms with Gasteiger partial charge in [0.05, 0.1) is 0 Å². The van der Waals surface area contributed by atoms with Crippen LogP contribution < -0.4 is 0 Å². The largest absolute Gasteiger partial charge is 0.369 e. The van der Waals surface area contributed by atoms with Gasteiger partial charge in [0.1, 0.15) is 0 Å². The summed E-state index contributed by atoms with van der Waals surface area (Å²) >= 11 is -2.09. The lowest BCUT2D eigenvalue weighted by molar-refractivity contribution is -0.105. The molecule has 0 fully saturated rings. The zero-order valence-corrected chi connectivity index (χ0v) is 6.55. The van der Waals surface area contributed by atoms with Gasteiger partial charge in [0.25, 0.3) is 0 Å². The summed E-state index contributed by atoms with van der Waals surface area (Å²) in [6.45, 7) is 1.89. The van der Waals surface area contributed by atoms with Gasteiger partial charge in [-0.2, -0.15) is 4.21 Å². The van der Waals surface area contributed by atoms with Gasteiger partial charge in [0, 0.05) is 0 Å². The molecule has 5 nitrogen and oxygen atoms in total. The molecule has 10 heavy (non-hydrogen) atoms. The maximum Gasteiger partial charge on any atom is 0.309 e. The molecule has 0 heterocycles. The SMILES string of the molecule is CC(C)(O)OS(=O)OCO. The van der Waals surface area contributed by atoms with Gasteiger partial charge in [0.15, 0.2) is 12.6 Å². The van der Waals surface area contributed by atoms with Crippen LogP contribution in [0.3, 0.4) is 0 Å². The average molecular weight is 170 g/mol. The highest BCUT2D eigenvalue weighted by Crippen LogP contribution is 2.05. The van der Waals surface area contributed by atoms with E-state index in [1.807, 2.05) is 0 Å². The lowest BCUT2D eigenvalue weighted by Gasteiger charge is -2.14. The second-order valence-electron chi connectivity index (χ2n) is 1.98. The van der Waals surface area contributed by atoms with E-state index in [-0.39, 0.29) is 0 Å². The van der Waals surface area contributed by atoms with Crippen molar-refractivity contribution in [1.82, 2.24) is 0 Å². The Kier molecular flexibility index (Phi) is 3.99. The van der Waals surface area contributed by atoms with Crippen molar-refractivity contribution in [3.63, 3.8) is 0 Å². The van der Waals surface area contributed by atoms with E-state index in [1.54, 1.807) is 0 Å². The molecule has 0 saturated heterocycles. The van der Waals surface area contributed by atoms with Gasteiger partial charge in [0.2, 0.25) is 0 Å². The first-order valence-corrected chi connectivity index (χ1v) is 3.53. The quantitative estimate of drug-likeness (QED) is 0.544. The van der Waals surface area contributed by atoms with E-state index < -0.39 is 23.9 Å². The van der Waals surface area contributed by atoms with Crippen LogP contribution in [0, 0.1) is 0 Å². The van der Waals surface area contributed by atoms with Gasteiger partial charge >= 0.3 is 11.4 Å². The number of rotatable bonds is 4. The molecule has 62 valence electrons. The molecule has 1 atom stereocenters. The summed E-state index contributed by atoms with van der Waals surface area (Å²) in [5, 5.41) is 16.9. The van der Waals surface area contributed by atoms with Gasteiger partial charge in [-0.15, -0.1) is 0 Å². The molecule has 0 radical (unpaired) electrons. The van der Waals surface area contributed by atoms with Crippen LogP contribution in [-0.4, -0.2) is 27.0 Å². The normalized spacial score (nSPS) is 15.2. The molecule has 0 saturated carbocycles. The number of aliphatic hydroxyl groups is 2. The van der Waals surface area contributed by atoms with Crippen LogP contribution in [0.4, 0.5) is 0 Å². The molecule has 0 aromatic rings. The van der Waals surface area contributed by atoms with Crippen molar-refractivity contribution in [2.24, 2.45) is 0 Å². The standard InChI is InChI=1S/C4H10O5S/c1-4(2,6)9-10(7)8-3-5/h5-6H,3H2,1-2H3. The van der Waals surface area contributed by atoms with E-state index in [2.05, 4.69) is 8.37 Å². The summed E-state index contributed by atoms with van der Waals surface area (Å²) in [5.74, 6) is -1.51. The lowest BCUT2D eigenvalue weighted by atomic mass is 10.4. The van der Waals surface area contributed by atoms with Gasteiger partial charge in [-0.1, -0.05) is 0 Å². The molecule has 0 aromatic heterocycles. The summed E-state index contributed by atoms with van der Waals surface area (Å²) in [6, 6.07) is 0. The van der Waals surface area contributed by atoms with Gasteiger partial charge < -0.3 is 10.2 Å². The van der Waals surface area contributed by atoms with Crippen molar-refractivity contribution < 1.29 is 22.8 Å². The highest BCUT2D eigenvalue weighted by atomic mass is 32.2. The predicted octanol–water partition coefficient (Wildman–Crippen LogP) is -0.724. The Labute approximate surface area is 61.4 Å². The molecule has 0 amide bonds. The number of hydrogen-bond donors (Lipinski definition) is 2. The van der Waals surface area contributed by atoms with Crippen molar-refractivity contribution in [2.45, 2.75) is 19.6 Å². The summed E-state index contributed by atoms with van der Waals surface area (Å²) < 4.78 is 18.8. The van der Waals surface area contributed by atoms with Crippen LogP contribution in [0.2, 0.25) is 0 Å². The summed E-state index contributed by atoms with van der Waals surface area (Å²) in [4.78, 5) is 0. The van der Waals surface area contributed by atoms with E-state index in [4.69, 9.17) is 10.2 Å². The molecular formula is C4H10O5S. The molecule has 0 aliphatic heterocycles. The third-order valence-corrected chi connectivity index (χ3v) is 1.26. The highest BCUT2D eigenvalue weighted by molar-refractivity contribution is 7.75. The molecular weight excluding hydrogens is 160 g/mol. The number of hydrogen-bond acceptors (Lipinski definition) is 5. The van der Waals surface area contributed by atoms with Crippen molar-refractivity contribution in [3.8, 4) is 0 Å². The van der Waals surface area contributed by atoms with Crippen molar-refractivity contribution in [2.75, 3.05) is 6.79 Å². The smallest absolute Gasteiger partial charge is 0.309 e. The summed E-state index contributed by atoms with van der Waals surface area (Å²) in [6.07, 6.45) is 0. The molecule has 0 aromatic carbocycles. The average Bonchev–Trinajstić information content (AvgIpc) is 1.59. The predicted molar refractivity (Wildman–Crippen MR) is 33.7 cm³/mol. The minimum atomic E-state index is -2.09. The van der Waals surface area contributed by atoms with E-state index in [0.29, 0.717) is 0 Å². The molecule has 2 N–H and O–H groups in total. The van der Waals surface area contributed by atoms with Crippen LogP contribution in [0.25, 0.3) is 0 Å². The number of aliphatic hydroxyl groups excluding tert-OH is 1. The first kappa shape index (κ1) is 9.99. The van der Waals surface area contributed by atoms with E-state index in [1.165, 1.54) is 13.8 Å². The Balaban J connectivity index is 3.58. The van der Waals surface area contributed by atoms with Crippen LogP contribution in [0.15, 0.2) is 0 Å². The maximum absolute atomic E-state index is 10.4. The van der Waals surface area contributed by atoms with Crippen molar-refractivity contribution in [3.05, 3.63) is 0 Å². The molecule has 0 bridgehead atoms. The minimum Gasteiger partial charge on any atom is -0.369 e. The van der Waals surface area contributed by atoms with E-state index in [0.717, 1.165) is 0 Å². The Morgan fingerprint density at radius 2 is 2.10 bits per heavy atom. The zero-order chi connectivity index (χ0) is 8.20. The molecule has 1 unspecified atom stereocenters. The fourth-order valence-electron chi connectivity index (χ4n) is 0.234. The fraction of sp³-hybridized carbons (Fsp3) is 1.00. The Morgan fingerprint density at radius 3 is 2.40 bits per heavy atom. The topological polar surface area (TPSA) is 76.0 Å². The van der Waals surface area contributed by atoms with E-state index >= 15 is 0 Å². The second-order valence-corrected chi connectivity index (χ2v) is 2.79. The molecule has 6 heteroatoms. The van der Waals surface area contributed by atoms with Gasteiger partial charge in [-0.05, 0) is 13.8 Å². The third kappa shape index (κ3) is 6.12. The Morgan fingerprint density at radius 1 is 1.60 bits per heavy atom. The van der Waals surface area contributed by atoms with Crippen LogP contribution in [-0.2, 0) is 19.7 Å². The molecule has 0 spiro atoms. The molecule has 0 aliphatic carbocycles. The fourth-order valence-corrected chi connectivity index (χ4v) is 0.701. The first-order valence-electron chi connectivity index (χ1n) is 2.53. The molecule has 0 rings (SSSR count). The van der Waals surface area contributed by atoms with Gasteiger partial charge in [-0.3, -0.25) is 0 Å². The minimum absolute atomic E-state index is 0.706. The van der Waals surface area contributed by atoms with E-state index in [9.17, 15) is 4.21 Å². The Hall–Kier alpha value is -0.0100. The van der Waals surface area contributed by atoms with Crippen molar-refractivity contribution in [1.29, 1.82) is 0 Å². The van der Waals surface area contributed by atoms with Gasteiger partial charge in [-0.25, -0.2) is 8.37 Å². The zero-order valence-electron chi connectivity index (χ0n) is 5.73. The maximum atomic E-state index is 10.4. The highest BCUT2D eigenvalue weighted by Gasteiger charge is 2.17. The summed E-state index contributed by atoms with van der Waals surface area (Å²) in [5.41, 5.74) is 0. The second kappa shape index (κ2) is 3.99. The third-order valence-electron chi connectivity index (χ3n) is 0.421. The monoisotopic (exact) mass is 170 g/mol. The first-order chi connectivity index (χ1) is 4.45. The van der Waals surface area contributed by atoms with Crippen LogP contribution in [0.5, 0.6) is 0 Å². The summed E-state index contributed by atoms with van der Waals surface area (Å²) in [7, 11) is 0. The lowest BCUT2D eigenvalue weighted by Crippen LogP contribution is -2.25. The van der Waals surface area contributed by atoms with Crippen molar-refractivity contribution >= 4 is 11.4 Å². The Bertz CT molecular complexity index is 117.